The van der Waals surface area contributed by atoms with Gasteiger partial charge in [0, 0.05) is 12.1 Å². The average Bonchev–Trinajstić information content (AvgIpc) is 2.64. The Hall–Kier alpha value is -3.47. The Morgan fingerprint density at radius 2 is 1.68 bits per heavy atom. The molecule has 0 aliphatic carbocycles. The Morgan fingerprint density at radius 3 is 2.48 bits per heavy atom. The number of pyridine rings is 1. The summed E-state index contributed by atoms with van der Waals surface area (Å²) in [6.07, 6.45) is 5.24. The zero-order chi connectivity index (χ0) is 17.3. The first-order chi connectivity index (χ1) is 12.3. The van der Waals surface area contributed by atoms with Gasteiger partial charge in [-0.25, -0.2) is 5.43 Å². The van der Waals surface area contributed by atoms with Crippen LogP contribution in [0.4, 0.5) is 0 Å². The summed E-state index contributed by atoms with van der Waals surface area (Å²) in [5, 5.41) is 3.99. The molecule has 0 radical (unpaired) electrons. The molecular weight excluding hydrogens is 314 g/mol. The number of amides is 1. The highest BCUT2D eigenvalue weighted by Crippen LogP contribution is 2.21. The van der Waals surface area contributed by atoms with E-state index in [1.807, 2.05) is 85.2 Å². The molecule has 1 aromatic heterocycles. The third-order valence-corrected chi connectivity index (χ3v) is 3.34. The van der Waals surface area contributed by atoms with Crippen molar-refractivity contribution in [3.05, 3.63) is 90.8 Å². The lowest BCUT2D eigenvalue weighted by atomic mass is 10.2. The number of hydrazone groups is 1. The summed E-state index contributed by atoms with van der Waals surface area (Å²) >= 11 is 0. The number of nitrogens with one attached hydrogen (secondary N) is 1. The summed E-state index contributed by atoms with van der Waals surface area (Å²) in [7, 11) is 0. The molecule has 2 aromatic carbocycles. The molecular formula is C20H18N3O2+. The van der Waals surface area contributed by atoms with Crippen molar-refractivity contribution < 1.29 is 14.1 Å². The van der Waals surface area contributed by atoms with E-state index in [1.54, 1.807) is 10.8 Å². The van der Waals surface area contributed by atoms with E-state index >= 15 is 0 Å². The summed E-state index contributed by atoms with van der Waals surface area (Å²) in [6.45, 7) is 0.218. The monoisotopic (exact) mass is 332 g/mol. The van der Waals surface area contributed by atoms with E-state index in [-0.39, 0.29) is 12.5 Å². The standard InChI is InChI=1S/C20H17N3O2/c24-20(16-23-12-5-2-6-13-23)22-21-15-17-8-7-11-19(14-17)25-18-9-3-1-4-10-18/h1-15H,16H2/p+1. The number of para-hydroxylation sites is 1. The van der Waals surface area contributed by atoms with Gasteiger partial charge in [0.15, 0.2) is 12.4 Å². The van der Waals surface area contributed by atoms with E-state index in [0.29, 0.717) is 5.75 Å². The van der Waals surface area contributed by atoms with Crippen molar-refractivity contribution in [2.24, 2.45) is 5.10 Å². The number of carbonyl (C=O) groups excluding carboxylic acids is 1. The molecule has 1 amide bonds. The van der Waals surface area contributed by atoms with Crippen LogP contribution in [0.15, 0.2) is 90.3 Å². The maximum Gasteiger partial charge on any atom is 0.305 e. The Labute approximate surface area is 146 Å². The molecule has 3 aromatic rings. The first kappa shape index (κ1) is 16.4. The van der Waals surface area contributed by atoms with Crippen molar-refractivity contribution in [1.29, 1.82) is 0 Å². The van der Waals surface area contributed by atoms with Crippen molar-refractivity contribution in [3.8, 4) is 11.5 Å². The highest BCUT2D eigenvalue weighted by molar-refractivity contribution is 5.82. The molecule has 25 heavy (non-hydrogen) atoms. The van der Waals surface area contributed by atoms with Crippen molar-refractivity contribution in [2.45, 2.75) is 6.54 Å². The second-order valence-corrected chi connectivity index (χ2v) is 5.33. The lowest BCUT2D eigenvalue weighted by Crippen LogP contribution is -2.40. The molecule has 0 aliphatic heterocycles. The average molecular weight is 332 g/mol. The minimum Gasteiger partial charge on any atom is -0.457 e. The Bertz CT molecular complexity index is 849. The van der Waals surface area contributed by atoms with E-state index in [9.17, 15) is 4.79 Å². The topological polar surface area (TPSA) is 54.6 Å². The zero-order valence-electron chi connectivity index (χ0n) is 13.6. The predicted molar refractivity (Wildman–Crippen MR) is 95.3 cm³/mol. The molecule has 5 heteroatoms. The van der Waals surface area contributed by atoms with Gasteiger partial charge in [0.2, 0.25) is 6.54 Å². The zero-order valence-corrected chi connectivity index (χ0v) is 13.6. The quantitative estimate of drug-likeness (QED) is 0.429. The van der Waals surface area contributed by atoms with Gasteiger partial charge in [0.25, 0.3) is 0 Å². The summed E-state index contributed by atoms with van der Waals surface area (Å²) in [6, 6.07) is 22.7. The molecule has 0 atom stereocenters. The van der Waals surface area contributed by atoms with Crippen LogP contribution in [0.1, 0.15) is 5.56 Å². The van der Waals surface area contributed by atoms with Crippen LogP contribution in [0.25, 0.3) is 0 Å². The number of hydrogen-bond donors (Lipinski definition) is 1. The summed E-state index contributed by atoms with van der Waals surface area (Å²) < 4.78 is 7.55. The third kappa shape index (κ3) is 5.28. The molecule has 1 N–H and O–H groups in total. The van der Waals surface area contributed by atoms with Crippen molar-refractivity contribution >= 4 is 12.1 Å². The molecule has 0 saturated heterocycles. The third-order valence-electron chi connectivity index (χ3n) is 3.34. The van der Waals surface area contributed by atoms with Crippen LogP contribution in [-0.2, 0) is 11.3 Å². The van der Waals surface area contributed by atoms with Gasteiger partial charge < -0.3 is 4.74 Å². The second-order valence-electron chi connectivity index (χ2n) is 5.33. The number of carbonyl (C=O) groups is 1. The van der Waals surface area contributed by atoms with Crippen LogP contribution < -0.4 is 14.7 Å². The van der Waals surface area contributed by atoms with E-state index in [2.05, 4.69) is 10.5 Å². The summed E-state index contributed by atoms with van der Waals surface area (Å²) in [5.41, 5.74) is 3.35. The van der Waals surface area contributed by atoms with Crippen LogP contribution in [0, 0.1) is 0 Å². The summed E-state index contributed by atoms with van der Waals surface area (Å²) in [4.78, 5) is 11.8. The minimum atomic E-state index is -0.191. The molecule has 0 unspecified atom stereocenters. The molecule has 3 rings (SSSR count). The number of aromatic nitrogens is 1. The van der Waals surface area contributed by atoms with Crippen LogP contribution in [-0.4, -0.2) is 12.1 Å². The highest BCUT2D eigenvalue weighted by Gasteiger charge is 2.06. The molecule has 0 fully saturated rings. The SMILES string of the molecule is O=C(C[n+]1ccccc1)NN=Cc1cccc(Oc2ccccc2)c1. The Balaban J connectivity index is 1.56. The highest BCUT2D eigenvalue weighted by atomic mass is 16.5. The number of hydrogen-bond acceptors (Lipinski definition) is 3. The predicted octanol–water partition coefficient (Wildman–Crippen LogP) is 2.92. The van der Waals surface area contributed by atoms with Gasteiger partial charge in [-0.05, 0) is 29.8 Å². The first-order valence-electron chi connectivity index (χ1n) is 7.88. The maximum absolute atomic E-state index is 11.8. The molecule has 0 spiro atoms. The normalized spacial score (nSPS) is 10.6. The largest absolute Gasteiger partial charge is 0.457 e. The van der Waals surface area contributed by atoms with Gasteiger partial charge >= 0.3 is 5.91 Å². The van der Waals surface area contributed by atoms with Gasteiger partial charge in [-0.3, -0.25) is 4.79 Å². The van der Waals surface area contributed by atoms with Crippen molar-refractivity contribution in [2.75, 3.05) is 0 Å². The van der Waals surface area contributed by atoms with Crippen molar-refractivity contribution in [3.63, 3.8) is 0 Å². The van der Waals surface area contributed by atoms with Gasteiger partial charge in [0.1, 0.15) is 11.5 Å². The Morgan fingerprint density at radius 1 is 0.960 bits per heavy atom. The Kier molecular flexibility index (Phi) is 5.51. The number of rotatable bonds is 6. The fourth-order valence-corrected chi connectivity index (χ4v) is 2.20. The molecule has 0 bridgehead atoms. The number of ether oxygens (including phenoxy) is 1. The minimum absolute atomic E-state index is 0.191. The van der Waals surface area contributed by atoms with Gasteiger partial charge in [0.05, 0.1) is 6.21 Å². The molecule has 0 aliphatic rings. The fourth-order valence-electron chi connectivity index (χ4n) is 2.20. The van der Waals surface area contributed by atoms with E-state index in [0.717, 1.165) is 11.3 Å². The van der Waals surface area contributed by atoms with Crippen LogP contribution in [0.3, 0.4) is 0 Å². The van der Waals surface area contributed by atoms with E-state index in [1.165, 1.54) is 0 Å². The van der Waals surface area contributed by atoms with Gasteiger partial charge in [-0.1, -0.05) is 36.4 Å². The smallest absolute Gasteiger partial charge is 0.305 e. The van der Waals surface area contributed by atoms with Gasteiger partial charge in [-0.2, -0.15) is 9.67 Å². The lowest BCUT2D eigenvalue weighted by Gasteiger charge is -2.05. The van der Waals surface area contributed by atoms with E-state index in [4.69, 9.17) is 4.74 Å². The fraction of sp³-hybridized carbons (Fsp3) is 0.0500. The van der Waals surface area contributed by atoms with Crippen LogP contribution in [0.5, 0.6) is 11.5 Å². The van der Waals surface area contributed by atoms with Gasteiger partial charge in [-0.15, -0.1) is 0 Å². The number of benzene rings is 2. The maximum atomic E-state index is 11.8. The molecule has 5 nitrogen and oxygen atoms in total. The molecule has 0 saturated carbocycles. The van der Waals surface area contributed by atoms with Crippen LogP contribution in [0.2, 0.25) is 0 Å². The lowest BCUT2D eigenvalue weighted by molar-refractivity contribution is -0.684. The molecule has 124 valence electrons. The number of nitrogens with zero attached hydrogens (tertiary/aromatic N) is 2. The van der Waals surface area contributed by atoms with Crippen molar-refractivity contribution in [1.82, 2.24) is 5.43 Å². The van der Waals surface area contributed by atoms with Crippen LogP contribution >= 0.6 is 0 Å². The van der Waals surface area contributed by atoms with E-state index < -0.39 is 0 Å². The first-order valence-corrected chi connectivity index (χ1v) is 7.88. The summed E-state index contributed by atoms with van der Waals surface area (Å²) in [5.74, 6) is 1.29. The second kappa shape index (κ2) is 8.40. The molecule has 1 heterocycles.